The van der Waals surface area contributed by atoms with E-state index in [1.807, 2.05) is 18.2 Å². The van der Waals surface area contributed by atoms with Crippen molar-refractivity contribution >= 4 is 27.7 Å². The predicted molar refractivity (Wildman–Crippen MR) is 64.5 cm³/mol. The summed E-state index contributed by atoms with van der Waals surface area (Å²) in [6.07, 6.45) is 0. The molecule has 1 aromatic carbocycles. The first-order valence-corrected chi connectivity index (χ1v) is 5.92. The van der Waals surface area contributed by atoms with Gasteiger partial charge in [-0.2, -0.15) is 5.26 Å². The van der Waals surface area contributed by atoms with E-state index in [1.54, 1.807) is 11.8 Å². The standard InChI is InChI=1S/C11H12BrNS/c1-11(2,3)14-10-6-4-5-9(12)8(10)7-13/h4-6H,1-3H3. The molecule has 0 bridgehead atoms. The molecule has 0 saturated heterocycles. The maximum atomic E-state index is 9.00. The average Bonchev–Trinajstić information content (AvgIpc) is 2.01. The van der Waals surface area contributed by atoms with Crippen LogP contribution in [-0.2, 0) is 0 Å². The predicted octanol–water partition coefficient (Wildman–Crippen LogP) is 4.21. The van der Waals surface area contributed by atoms with Crippen LogP contribution in [0.25, 0.3) is 0 Å². The summed E-state index contributed by atoms with van der Waals surface area (Å²) >= 11 is 5.09. The zero-order valence-corrected chi connectivity index (χ0v) is 10.9. The van der Waals surface area contributed by atoms with Crippen molar-refractivity contribution < 1.29 is 0 Å². The minimum Gasteiger partial charge on any atom is -0.192 e. The third-order valence-electron chi connectivity index (χ3n) is 1.50. The Morgan fingerprint density at radius 2 is 2.00 bits per heavy atom. The summed E-state index contributed by atoms with van der Waals surface area (Å²) < 4.78 is 1.00. The van der Waals surface area contributed by atoms with Crippen LogP contribution >= 0.6 is 27.7 Å². The van der Waals surface area contributed by atoms with E-state index in [0.717, 1.165) is 14.9 Å². The Morgan fingerprint density at radius 3 is 2.50 bits per heavy atom. The fraction of sp³-hybridized carbons (Fsp3) is 0.364. The molecule has 0 atom stereocenters. The molecule has 0 N–H and O–H groups in total. The largest absolute Gasteiger partial charge is 0.192 e. The van der Waals surface area contributed by atoms with Crippen molar-refractivity contribution in [2.45, 2.75) is 30.4 Å². The Balaban J connectivity index is 3.10. The second-order valence-electron chi connectivity index (χ2n) is 3.94. The zero-order valence-electron chi connectivity index (χ0n) is 8.47. The van der Waals surface area contributed by atoms with Crippen LogP contribution in [0, 0.1) is 11.3 Å². The molecule has 1 rings (SSSR count). The third kappa shape index (κ3) is 3.04. The van der Waals surface area contributed by atoms with Crippen LogP contribution in [-0.4, -0.2) is 4.75 Å². The van der Waals surface area contributed by atoms with Crippen molar-refractivity contribution in [1.29, 1.82) is 5.26 Å². The first-order chi connectivity index (χ1) is 6.44. The molecule has 1 nitrogen and oxygen atoms in total. The van der Waals surface area contributed by atoms with E-state index in [4.69, 9.17) is 5.26 Å². The van der Waals surface area contributed by atoms with Crippen LogP contribution in [0.15, 0.2) is 27.6 Å². The van der Waals surface area contributed by atoms with Gasteiger partial charge in [-0.05, 0) is 28.1 Å². The number of hydrogen-bond acceptors (Lipinski definition) is 2. The molecule has 0 aliphatic rings. The van der Waals surface area contributed by atoms with Crippen molar-refractivity contribution in [3.05, 3.63) is 28.2 Å². The average molecular weight is 270 g/mol. The van der Waals surface area contributed by atoms with E-state index in [0.29, 0.717) is 0 Å². The normalized spacial score (nSPS) is 11.1. The highest BCUT2D eigenvalue weighted by molar-refractivity contribution is 9.10. The number of halogens is 1. The molecular formula is C11H12BrNS. The van der Waals surface area contributed by atoms with Gasteiger partial charge >= 0.3 is 0 Å². The molecule has 0 radical (unpaired) electrons. The minimum atomic E-state index is 0.131. The fourth-order valence-electron chi connectivity index (χ4n) is 1.03. The van der Waals surface area contributed by atoms with Crippen molar-refractivity contribution in [2.24, 2.45) is 0 Å². The second-order valence-corrected chi connectivity index (χ2v) is 6.66. The summed E-state index contributed by atoms with van der Waals surface area (Å²) in [5.41, 5.74) is 0.729. The Morgan fingerprint density at radius 1 is 1.36 bits per heavy atom. The van der Waals surface area contributed by atoms with Crippen LogP contribution in [0.2, 0.25) is 0 Å². The summed E-state index contributed by atoms with van der Waals surface area (Å²) in [6, 6.07) is 8.06. The molecule has 3 heteroatoms. The molecule has 0 saturated carbocycles. The number of rotatable bonds is 1. The topological polar surface area (TPSA) is 23.8 Å². The van der Waals surface area contributed by atoms with E-state index in [9.17, 15) is 0 Å². The molecule has 1 aromatic rings. The maximum Gasteiger partial charge on any atom is 0.101 e. The highest BCUT2D eigenvalue weighted by Crippen LogP contribution is 2.36. The van der Waals surface area contributed by atoms with Gasteiger partial charge in [-0.25, -0.2) is 0 Å². The number of hydrogen-bond donors (Lipinski definition) is 0. The lowest BCUT2D eigenvalue weighted by atomic mass is 10.2. The van der Waals surface area contributed by atoms with E-state index in [-0.39, 0.29) is 4.75 Å². The van der Waals surface area contributed by atoms with Crippen LogP contribution in [0.5, 0.6) is 0 Å². The highest BCUT2D eigenvalue weighted by Gasteiger charge is 2.15. The lowest BCUT2D eigenvalue weighted by Crippen LogP contribution is -2.07. The number of nitriles is 1. The monoisotopic (exact) mass is 269 g/mol. The summed E-state index contributed by atoms with van der Waals surface area (Å²) in [6.45, 7) is 6.42. The zero-order chi connectivity index (χ0) is 10.8. The van der Waals surface area contributed by atoms with Crippen molar-refractivity contribution in [1.82, 2.24) is 0 Å². The Hall–Kier alpha value is -0.460. The van der Waals surface area contributed by atoms with Gasteiger partial charge in [-0.1, -0.05) is 26.8 Å². The molecule has 0 aromatic heterocycles. The first-order valence-electron chi connectivity index (χ1n) is 4.31. The fourth-order valence-corrected chi connectivity index (χ4v) is 2.68. The molecule has 0 unspecified atom stereocenters. The van der Waals surface area contributed by atoms with Crippen LogP contribution < -0.4 is 0 Å². The molecule has 0 fully saturated rings. The SMILES string of the molecule is CC(C)(C)Sc1cccc(Br)c1C#N. The molecular weight excluding hydrogens is 258 g/mol. The van der Waals surface area contributed by atoms with Gasteiger partial charge in [-0.15, -0.1) is 11.8 Å². The van der Waals surface area contributed by atoms with E-state index < -0.39 is 0 Å². The number of benzene rings is 1. The lowest BCUT2D eigenvalue weighted by Gasteiger charge is -2.18. The molecule has 0 aliphatic heterocycles. The quantitative estimate of drug-likeness (QED) is 0.714. The van der Waals surface area contributed by atoms with Crippen LogP contribution in [0.3, 0.4) is 0 Å². The Kier molecular flexibility index (Phi) is 3.63. The number of nitrogens with zero attached hydrogens (tertiary/aromatic N) is 1. The van der Waals surface area contributed by atoms with Gasteiger partial charge < -0.3 is 0 Å². The molecule has 0 aliphatic carbocycles. The van der Waals surface area contributed by atoms with Crippen LogP contribution in [0.4, 0.5) is 0 Å². The Bertz CT molecular complexity index is 374. The molecule has 14 heavy (non-hydrogen) atoms. The van der Waals surface area contributed by atoms with Crippen molar-refractivity contribution in [3.63, 3.8) is 0 Å². The highest BCUT2D eigenvalue weighted by atomic mass is 79.9. The Labute approximate surface area is 97.6 Å². The number of thioether (sulfide) groups is 1. The minimum absolute atomic E-state index is 0.131. The van der Waals surface area contributed by atoms with Gasteiger partial charge in [0.2, 0.25) is 0 Å². The summed E-state index contributed by atoms with van der Waals surface area (Å²) in [5.74, 6) is 0. The summed E-state index contributed by atoms with van der Waals surface area (Å²) in [7, 11) is 0. The van der Waals surface area contributed by atoms with Gasteiger partial charge in [0, 0.05) is 14.1 Å². The van der Waals surface area contributed by atoms with Gasteiger partial charge in [0.1, 0.15) is 6.07 Å². The van der Waals surface area contributed by atoms with Gasteiger partial charge in [0.15, 0.2) is 0 Å². The summed E-state index contributed by atoms with van der Waals surface area (Å²) in [4.78, 5) is 1.04. The second kappa shape index (κ2) is 4.37. The van der Waals surface area contributed by atoms with Gasteiger partial charge in [-0.3, -0.25) is 0 Å². The molecule has 0 amide bonds. The van der Waals surface area contributed by atoms with Crippen LogP contribution in [0.1, 0.15) is 26.3 Å². The van der Waals surface area contributed by atoms with Gasteiger partial charge in [0.25, 0.3) is 0 Å². The third-order valence-corrected chi connectivity index (χ3v) is 3.34. The van der Waals surface area contributed by atoms with E-state index in [2.05, 4.69) is 42.8 Å². The molecule has 0 heterocycles. The van der Waals surface area contributed by atoms with Crippen molar-refractivity contribution in [3.8, 4) is 6.07 Å². The van der Waals surface area contributed by atoms with Crippen molar-refractivity contribution in [2.75, 3.05) is 0 Å². The molecule has 74 valence electrons. The first kappa shape index (κ1) is 11.6. The molecule has 0 spiro atoms. The van der Waals surface area contributed by atoms with E-state index >= 15 is 0 Å². The summed E-state index contributed by atoms with van der Waals surface area (Å²) in [5, 5.41) is 9.00. The van der Waals surface area contributed by atoms with Gasteiger partial charge in [0.05, 0.1) is 5.56 Å². The lowest BCUT2D eigenvalue weighted by molar-refractivity contribution is 0.802. The van der Waals surface area contributed by atoms with E-state index in [1.165, 1.54) is 0 Å². The maximum absolute atomic E-state index is 9.00. The smallest absolute Gasteiger partial charge is 0.101 e.